The third-order valence-corrected chi connectivity index (χ3v) is 3.35. The van der Waals surface area contributed by atoms with Crippen molar-refractivity contribution in [3.05, 3.63) is 53.0 Å². The second kappa shape index (κ2) is 4.53. The quantitative estimate of drug-likeness (QED) is 0.905. The molecular weight excluding hydrogens is 231 g/mol. The SMILES string of the molecule is Cc1cnc(CNC2CCc3cc(F)ccc32)o1. The van der Waals surface area contributed by atoms with E-state index < -0.39 is 0 Å². The summed E-state index contributed by atoms with van der Waals surface area (Å²) in [6, 6.07) is 5.30. The van der Waals surface area contributed by atoms with E-state index in [1.54, 1.807) is 12.3 Å². The molecule has 1 heterocycles. The molecule has 0 saturated heterocycles. The van der Waals surface area contributed by atoms with Crippen LogP contribution in [0.4, 0.5) is 4.39 Å². The molecule has 0 amide bonds. The first-order valence-corrected chi connectivity index (χ1v) is 6.15. The number of aryl methyl sites for hydroxylation is 2. The van der Waals surface area contributed by atoms with E-state index in [2.05, 4.69) is 10.3 Å². The van der Waals surface area contributed by atoms with Crippen LogP contribution in [0.1, 0.15) is 35.2 Å². The second-order valence-corrected chi connectivity index (χ2v) is 4.68. The Morgan fingerprint density at radius 3 is 3.17 bits per heavy atom. The highest BCUT2D eigenvalue weighted by atomic mass is 19.1. The Labute approximate surface area is 105 Å². The number of hydrogen-bond acceptors (Lipinski definition) is 3. The molecule has 1 N–H and O–H groups in total. The summed E-state index contributed by atoms with van der Waals surface area (Å²) in [5.41, 5.74) is 2.30. The Hall–Kier alpha value is -1.68. The van der Waals surface area contributed by atoms with Gasteiger partial charge in [0.25, 0.3) is 0 Å². The van der Waals surface area contributed by atoms with Crippen LogP contribution in [0.2, 0.25) is 0 Å². The molecule has 1 aliphatic carbocycles. The van der Waals surface area contributed by atoms with E-state index in [1.165, 1.54) is 11.6 Å². The lowest BCUT2D eigenvalue weighted by Gasteiger charge is -2.12. The number of nitrogens with zero attached hydrogens (tertiary/aromatic N) is 1. The molecule has 0 spiro atoms. The fraction of sp³-hybridized carbons (Fsp3) is 0.357. The van der Waals surface area contributed by atoms with Gasteiger partial charge in [-0.3, -0.25) is 0 Å². The van der Waals surface area contributed by atoms with Gasteiger partial charge in [-0.1, -0.05) is 6.07 Å². The summed E-state index contributed by atoms with van der Waals surface area (Å²) < 4.78 is 18.5. The summed E-state index contributed by atoms with van der Waals surface area (Å²) in [7, 11) is 0. The van der Waals surface area contributed by atoms with E-state index in [1.807, 2.05) is 13.0 Å². The minimum absolute atomic E-state index is 0.155. The molecule has 1 aromatic heterocycles. The Kier molecular flexibility index (Phi) is 2.88. The highest BCUT2D eigenvalue weighted by Crippen LogP contribution is 2.31. The Bertz CT molecular complexity index is 565. The standard InChI is InChI=1S/C14H15FN2O/c1-9-7-17-14(18-9)8-16-13-5-2-10-6-11(15)3-4-12(10)13/h3-4,6-7,13,16H,2,5,8H2,1H3. The molecular formula is C14H15FN2O. The summed E-state index contributed by atoms with van der Waals surface area (Å²) in [4.78, 5) is 4.16. The average Bonchev–Trinajstić information content (AvgIpc) is 2.92. The van der Waals surface area contributed by atoms with Crippen molar-refractivity contribution < 1.29 is 8.81 Å². The predicted octanol–water partition coefficient (Wildman–Crippen LogP) is 2.90. The van der Waals surface area contributed by atoms with Crippen molar-refractivity contribution in [3.63, 3.8) is 0 Å². The zero-order chi connectivity index (χ0) is 12.5. The average molecular weight is 246 g/mol. The summed E-state index contributed by atoms with van der Waals surface area (Å²) in [6.07, 6.45) is 3.64. The van der Waals surface area contributed by atoms with Crippen LogP contribution in [0.5, 0.6) is 0 Å². The minimum Gasteiger partial charge on any atom is -0.445 e. The summed E-state index contributed by atoms with van der Waals surface area (Å²) in [5.74, 6) is 1.36. The summed E-state index contributed by atoms with van der Waals surface area (Å²) in [5, 5.41) is 3.41. The summed E-state index contributed by atoms with van der Waals surface area (Å²) >= 11 is 0. The van der Waals surface area contributed by atoms with Gasteiger partial charge in [-0.2, -0.15) is 0 Å². The number of aromatic nitrogens is 1. The lowest BCUT2D eigenvalue weighted by molar-refractivity contribution is 0.423. The number of halogens is 1. The number of fused-ring (bicyclic) bond motifs is 1. The number of oxazole rings is 1. The number of nitrogens with one attached hydrogen (secondary N) is 1. The number of benzene rings is 1. The van der Waals surface area contributed by atoms with Crippen molar-refractivity contribution in [2.45, 2.75) is 32.4 Å². The first kappa shape index (κ1) is 11.4. The van der Waals surface area contributed by atoms with Crippen LogP contribution >= 0.6 is 0 Å². The Morgan fingerprint density at radius 2 is 2.39 bits per heavy atom. The van der Waals surface area contributed by atoms with Gasteiger partial charge in [-0.15, -0.1) is 0 Å². The van der Waals surface area contributed by atoms with Crippen molar-refractivity contribution in [2.75, 3.05) is 0 Å². The lowest BCUT2D eigenvalue weighted by Crippen LogP contribution is -2.18. The molecule has 0 fully saturated rings. The van der Waals surface area contributed by atoms with E-state index in [-0.39, 0.29) is 11.9 Å². The molecule has 4 heteroatoms. The van der Waals surface area contributed by atoms with Crippen molar-refractivity contribution in [2.24, 2.45) is 0 Å². The van der Waals surface area contributed by atoms with Crippen LogP contribution in [-0.2, 0) is 13.0 Å². The van der Waals surface area contributed by atoms with Gasteiger partial charge in [0.15, 0.2) is 0 Å². The van der Waals surface area contributed by atoms with Gasteiger partial charge in [0.05, 0.1) is 12.7 Å². The van der Waals surface area contributed by atoms with Crippen LogP contribution in [-0.4, -0.2) is 4.98 Å². The van der Waals surface area contributed by atoms with Crippen molar-refractivity contribution in [3.8, 4) is 0 Å². The molecule has 1 aromatic carbocycles. The summed E-state index contributed by atoms with van der Waals surface area (Å²) in [6.45, 7) is 2.49. The fourth-order valence-electron chi connectivity index (χ4n) is 2.49. The number of rotatable bonds is 3. The van der Waals surface area contributed by atoms with Gasteiger partial charge >= 0.3 is 0 Å². The van der Waals surface area contributed by atoms with Gasteiger partial charge in [0, 0.05) is 6.04 Å². The first-order valence-electron chi connectivity index (χ1n) is 6.15. The third-order valence-electron chi connectivity index (χ3n) is 3.35. The predicted molar refractivity (Wildman–Crippen MR) is 65.5 cm³/mol. The van der Waals surface area contributed by atoms with Crippen molar-refractivity contribution >= 4 is 0 Å². The Morgan fingerprint density at radius 1 is 1.50 bits per heavy atom. The first-order chi connectivity index (χ1) is 8.72. The molecule has 0 saturated carbocycles. The molecule has 2 aromatic rings. The molecule has 1 unspecified atom stereocenters. The van der Waals surface area contributed by atoms with Crippen molar-refractivity contribution in [1.82, 2.24) is 10.3 Å². The Balaban J connectivity index is 1.69. The zero-order valence-electron chi connectivity index (χ0n) is 10.2. The molecule has 1 atom stereocenters. The van der Waals surface area contributed by atoms with E-state index in [0.29, 0.717) is 12.4 Å². The minimum atomic E-state index is -0.155. The normalized spacial score (nSPS) is 18.0. The molecule has 0 aliphatic heterocycles. The monoisotopic (exact) mass is 246 g/mol. The molecule has 3 nitrogen and oxygen atoms in total. The topological polar surface area (TPSA) is 38.1 Å². The van der Waals surface area contributed by atoms with Crippen molar-refractivity contribution in [1.29, 1.82) is 0 Å². The van der Waals surface area contributed by atoms with Gasteiger partial charge in [-0.05, 0) is 43.0 Å². The van der Waals surface area contributed by atoms with Crippen LogP contribution < -0.4 is 5.32 Å². The largest absolute Gasteiger partial charge is 0.445 e. The van der Waals surface area contributed by atoms with E-state index >= 15 is 0 Å². The van der Waals surface area contributed by atoms with Crippen LogP contribution in [0.25, 0.3) is 0 Å². The second-order valence-electron chi connectivity index (χ2n) is 4.68. The smallest absolute Gasteiger partial charge is 0.208 e. The van der Waals surface area contributed by atoms with Gasteiger partial charge in [0.2, 0.25) is 5.89 Å². The highest BCUT2D eigenvalue weighted by molar-refractivity contribution is 5.34. The maximum absolute atomic E-state index is 13.1. The van der Waals surface area contributed by atoms with E-state index in [0.717, 1.165) is 24.2 Å². The fourth-order valence-corrected chi connectivity index (χ4v) is 2.49. The molecule has 0 bridgehead atoms. The zero-order valence-corrected chi connectivity index (χ0v) is 10.2. The maximum atomic E-state index is 13.1. The van der Waals surface area contributed by atoms with E-state index in [4.69, 9.17) is 4.42 Å². The molecule has 3 rings (SSSR count). The molecule has 0 radical (unpaired) electrons. The van der Waals surface area contributed by atoms with Gasteiger partial charge < -0.3 is 9.73 Å². The van der Waals surface area contributed by atoms with Crippen LogP contribution in [0, 0.1) is 12.7 Å². The van der Waals surface area contributed by atoms with Crippen LogP contribution in [0.3, 0.4) is 0 Å². The molecule has 94 valence electrons. The highest BCUT2D eigenvalue weighted by Gasteiger charge is 2.22. The molecule has 1 aliphatic rings. The maximum Gasteiger partial charge on any atom is 0.208 e. The van der Waals surface area contributed by atoms with Gasteiger partial charge in [-0.25, -0.2) is 9.37 Å². The van der Waals surface area contributed by atoms with Gasteiger partial charge in [0.1, 0.15) is 11.6 Å². The molecule has 18 heavy (non-hydrogen) atoms. The third kappa shape index (κ3) is 2.16. The number of hydrogen-bond donors (Lipinski definition) is 1. The lowest BCUT2D eigenvalue weighted by atomic mass is 10.1. The van der Waals surface area contributed by atoms with E-state index in [9.17, 15) is 4.39 Å². The van der Waals surface area contributed by atoms with Crippen LogP contribution in [0.15, 0.2) is 28.8 Å².